The molecule has 1 aliphatic rings. The SMILES string of the molecule is C/C=C(/C=O)C1CCOC(=O)/C1=C\O. The zero-order valence-corrected chi connectivity index (χ0v) is 7.90. The smallest absolute Gasteiger partial charge is 0.337 e. The van der Waals surface area contributed by atoms with Crippen molar-refractivity contribution in [3.05, 3.63) is 23.5 Å². The Morgan fingerprint density at radius 1 is 1.64 bits per heavy atom. The van der Waals surface area contributed by atoms with E-state index in [0.717, 1.165) is 6.26 Å². The van der Waals surface area contributed by atoms with Crippen LogP contribution in [-0.4, -0.2) is 24.0 Å². The molecule has 4 nitrogen and oxygen atoms in total. The maximum atomic E-state index is 11.2. The van der Waals surface area contributed by atoms with E-state index < -0.39 is 5.97 Å². The Bertz CT molecular complexity index is 301. The highest BCUT2D eigenvalue weighted by molar-refractivity contribution is 5.92. The second-order valence-electron chi connectivity index (χ2n) is 2.97. The molecule has 1 N–H and O–H groups in total. The molecule has 0 radical (unpaired) electrons. The van der Waals surface area contributed by atoms with Gasteiger partial charge in [-0.1, -0.05) is 6.08 Å². The molecule has 0 amide bonds. The summed E-state index contributed by atoms with van der Waals surface area (Å²) in [4.78, 5) is 21.9. The number of aldehydes is 1. The van der Waals surface area contributed by atoms with Gasteiger partial charge < -0.3 is 9.84 Å². The minimum Gasteiger partial charge on any atom is -0.515 e. The first-order valence-corrected chi connectivity index (χ1v) is 4.37. The Morgan fingerprint density at radius 3 is 2.86 bits per heavy atom. The van der Waals surface area contributed by atoms with E-state index in [9.17, 15) is 9.59 Å². The third-order valence-electron chi connectivity index (χ3n) is 2.26. The maximum absolute atomic E-state index is 11.2. The summed E-state index contributed by atoms with van der Waals surface area (Å²) in [5.74, 6) is -0.881. The fourth-order valence-electron chi connectivity index (χ4n) is 1.49. The average molecular weight is 196 g/mol. The molecule has 0 spiro atoms. The van der Waals surface area contributed by atoms with Gasteiger partial charge in [0.15, 0.2) is 0 Å². The second-order valence-corrected chi connectivity index (χ2v) is 2.97. The molecule has 0 aromatic rings. The van der Waals surface area contributed by atoms with Crippen LogP contribution in [0.2, 0.25) is 0 Å². The van der Waals surface area contributed by atoms with Gasteiger partial charge in [0.1, 0.15) is 6.29 Å². The van der Waals surface area contributed by atoms with Crippen LogP contribution in [0.4, 0.5) is 0 Å². The summed E-state index contributed by atoms with van der Waals surface area (Å²) in [5.41, 5.74) is 0.651. The number of aliphatic hydroxyl groups is 1. The van der Waals surface area contributed by atoms with Crippen LogP contribution in [0.15, 0.2) is 23.5 Å². The number of carbonyl (C=O) groups is 2. The fourth-order valence-corrected chi connectivity index (χ4v) is 1.49. The number of ether oxygens (including phenoxy) is 1. The van der Waals surface area contributed by atoms with Crippen LogP contribution in [0, 0.1) is 5.92 Å². The number of carbonyl (C=O) groups excluding carboxylic acids is 2. The first-order chi connectivity index (χ1) is 6.74. The topological polar surface area (TPSA) is 63.6 Å². The molecular weight excluding hydrogens is 184 g/mol. The van der Waals surface area contributed by atoms with E-state index in [1.54, 1.807) is 13.0 Å². The van der Waals surface area contributed by atoms with Crippen molar-refractivity contribution in [2.45, 2.75) is 13.3 Å². The van der Waals surface area contributed by atoms with Crippen LogP contribution in [0.5, 0.6) is 0 Å². The minimum atomic E-state index is -0.551. The molecule has 0 aromatic carbocycles. The van der Waals surface area contributed by atoms with Gasteiger partial charge in [-0.2, -0.15) is 0 Å². The lowest BCUT2D eigenvalue weighted by Gasteiger charge is -2.23. The first kappa shape index (κ1) is 10.5. The predicted molar refractivity (Wildman–Crippen MR) is 49.6 cm³/mol. The molecule has 0 aromatic heterocycles. The molecule has 76 valence electrons. The second kappa shape index (κ2) is 4.60. The zero-order valence-electron chi connectivity index (χ0n) is 7.90. The Labute approximate surface area is 81.9 Å². The lowest BCUT2D eigenvalue weighted by molar-refractivity contribution is -0.142. The van der Waals surface area contributed by atoms with E-state index in [1.165, 1.54) is 0 Å². The monoisotopic (exact) mass is 196 g/mol. The summed E-state index contributed by atoms with van der Waals surface area (Å²) in [6, 6.07) is 0. The molecule has 1 fully saturated rings. The molecule has 1 aliphatic heterocycles. The number of rotatable bonds is 2. The van der Waals surface area contributed by atoms with Crippen molar-refractivity contribution in [3.63, 3.8) is 0 Å². The third kappa shape index (κ3) is 1.84. The minimum absolute atomic E-state index is 0.149. The summed E-state index contributed by atoms with van der Waals surface area (Å²) in [7, 11) is 0. The molecule has 4 heteroatoms. The Hall–Kier alpha value is -1.58. The highest BCUT2D eigenvalue weighted by Gasteiger charge is 2.29. The van der Waals surface area contributed by atoms with E-state index in [2.05, 4.69) is 0 Å². The third-order valence-corrected chi connectivity index (χ3v) is 2.26. The van der Waals surface area contributed by atoms with Crippen molar-refractivity contribution in [2.75, 3.05) is 6.61 Å². The normalized spacial score (nSPS) is 26.1. The Kier molecular flexibility index (Phi) is 3.45. The van der Waals surface area contributed by atoms with Gasteiger partial charge in [0.05, 0.1) is 18.4 Å². The molecule has 1 atom stereocenters. The van der Waals surface area contributed by atoms with Crippen LogP contribution in [0.1, 0.15) is 13.3 Å². The standard InChI is InChI=1S/C10H12O4/c1-2-7(5-11)8-3-4-14-10(13)9(8)6-12/h2,5-6,8,12H,3-4H2,1H3/b7-2-,9-6-. The van der Waals surface area contributed by atoms with E-state index in [4.69, 9.17) is 9.84 Å². The quantitative estimate of drug-likeness (QED) is 0.311. The van der Waals surface area contributed by atoms with Crippen molar-refractivity contribution in [2.24, 2.45) is 5.92 Å². The first-order valence-electron chi connectivity index (χ1n) is 4.37. The molecule has 1 heterocycles. The van der Waals surface area contributed by atoms with Crippen molar-refractivity contribution >= 4 is 12.3 Å². The number of aliphatic hydroxyl groups excluding tert-OH is 1. The van der Waals surface area contributed by atoms with Gasteiger partial charge in [0.25, 0.3) is 0 Å². The van der Waals surface area contributed by atoms with Crippen LogP contribution in [0.3, 0.4) is 0 Å². The van der Waals surface area contributed by atoms with Gasteiger partial charge in [0.2, 0.25) is 0 Å². The van der Waals surface area contributed by atoms with Crippen LogP contribution in [0.25, 0.3) is 0 Å². The summed E-state index contributed by atoms with van der Waals surface area (Å²) < 4.78 is 4.74. The number of esters is 1. The van der Waals surface area contributed by atoms with Crippen molar-refractivity contribution in [3.8, 4) is 0 Å². The summed E-state index contributed by atoms with van der Waals surface area (Å²) >= 11 is 0. The summed E-state index contributed by atoms with van der Waals surface area (Å²) in [6.45, 7) is 2.00. The van der Waals surface area contributed by atoms with Gasteiger partial charge in [-0.3, -0.25) is 4.79 Å². The van der Waals surface area contributed by atoms with Gasteiger partial charge >= 0.3 is 5.97 Å². The maximum Gasteiger partial charge on any atom is 0.337 e. The molecule has 1 saturated heterocycles. The van der Waals surface area contributed by atoms with Gasteiger partial charge in [-0.25, -0.2) is 4.79 Å². The predicted octanol–water partition coefficient (Wildman–Crippen LogP) is 1.14. The van der Waals surface area contributed by atoms with Crippen molar-refractivity contribution < 1.29 is 19.4 Å². The highest BCUT2D eigenvalue weighted by Crippen LogP contribution is 2.27. The van der Waals surface area contributed by atoms with E-state index in [1.807, 2.05) is 0 Å². The molecule has 1 rings (SSSR count). The zero-order chi connectivity index (χ0) is 10.6. The lowest BCUT2D eigenvalue weighted by atomic mass is 9.88. The molecular formula is C10H12O4. The number of hydrogen-bond donors (Lipinski definition) is 1. The van der Waals surface area contributed by atoms with Crippen LogP contribution >= 0.6 is 0 Å². The largest absolute Gasteiger partial charge is 0.515 e. The van der Waals surface area contributed by atoms with Gasteiger partial charge in [0, 0.05) is 5.92 Å². The molecule has 14 heavy (non-hydrogen) atoms. The van der Waals surface area contributed by atoms with Gasteiger partial charge in [-0.15, -0.1) is 0 Å². The molecule has 1 unspecified atom stereocenters. The fraction of sp³-hybridized carbons (Fsp3) is 0.400. The number of hydrogen-bond acceptors (Lipinski definition) is 4. The lowest BCUT2D eigenvalue weighted by Crippen LogP contribution is -2.26. The average Bonchev–Trinajstić information content (AvgIpc) is 2.20. The summed E-state index contributed by atoms with van der Waals surface area (Å²) in [6.07, 6.45) is 3.60. The Balaban J connectivity index is 2.96. The van der Waals surface area contributed by atoms with Crippen LogP contribution in [-0.2, 0) is 14.3 Å². The van der Waals surface area contributed by atoms with Crippen LogP contribution < -0.4 is 0 Å². The van der Waals surface area contributed by atoms with Gasteiger partial charge in [-0.05, 0) is 18.9 Å². The number of allylic oxidation sites excluding steroid dienone is 2. The molecule has 0 bridgehead atoms. The van der Waals surface area contributed by atoms with Crippen molar-refractivity contribution in [1.82, 2.24) is 0 Å². The molecule has 0 aliphatic carbocycles. The number of cyclic esters (lactones) is 1. The Morgan fingerprint density at radius 2 is 2.36 bits per heavy atom. The van der Waals surface area contributed by atoms with Crippen molar-refractivity contribution in [1.29, 1.82) is 0 Å². The summed E-state index contributed by atoms with van der Waals surface area (Å²) in [5, 5.41) is 8.87. The molecule has 0 saturated carbocycles. The van der Waals surface area contributed by atoms with E-state index >= 15 is 0 Å². The van der Waals surface area contributed by atoms with E-state index in [-0.39, 0.29) is 18.1 Å². The van der Waals surface area contributed by atoms with E-state index in [0.29, 0.717) is 18.3 Å². The highest BCUT2D eigenvalue weighted by atomic mass is 16.5.